The van der Waals surface area contributed by atoms with Crippen LogP contribution in [-0.2, 0) is 0 Å². The van der Waals surface area contributed by atoms with Gasteiger partial charge in [-0.1, -0.05) is 23.7 Å². The van der Waals surface area contributed by atoms with Gasteiger partial charge in [0, 0.05) is 14.3 Å². The molecule has 0 aliphatic heterocycles. The minimum absolute atomic E-state index is 0.0986. The molecule has 0 spiro atoms. The van der Waals surface area contributed by atoms with Crippen molar-refractivity contribution in [3.8, 4) is 0 Å². The van der Waals surface area contributed by atoms with E-state index in [-0.39, 0.29) is 5.91 Å². The lowest BCUT2D eigenvalue weighted by molar-refractivity contribution is 0.102. The predicted octanol–water partition coefficient (Wildman–Crippen LogP) is 4.81. The van der Waals surface area contributed by atoms with E-state index >= 15 is 0 Å². The lowest BCUT2D eigenvalue weighted by Gasteiger charge is -2.10. The number of hydrogen-bond acceptors (Lipinski definition) is 1. The van der Waals surface area contributed by atoms with Crippen LogP contribution in [0, 0.1) is 17.4 Å². The molecule has 0 radical (unpaired) electrons. The fraction of sp³-hybridized carbons (Fsp3) is 0.133. The standard InChI is InChI=1S/C15H13ClINO/c1-9-4-3-5-12(14(9)17)15(19)18-13-7-6-11(16)8-10(13)2/h3-8H,1-2H3,(H,18,19). The van der Waals surface area contributed by atoms with E-state index in [1.165, 1.54) is 0 Å². The summed E-state index contributed by atoms with van der Waals surface area (Å²) in [5, 5.41) is 3.59. The molecule has 0 unspecified atom stereocenters. The van der Waals surface area contributed by atoms with Gasteiger partial charge in [0.1, 0.15) is 0 Å². The van der Waals surface area contributed by atoms with E-state index in [2.05, 4.69) is 27.9 Å². The molecule has 0 bridgehead atoms. The summed E-state index contributed by atoms with van der Waals surface area (Å²) >= 11 is 8.10. The number of rotatable bonds is 2. The van der Waals surface area contributed by atoms with Gasteiger partial charge < -0.3 is 5.32 Å². The van der Waals surface area contributed by atoms with Crippen molar-refractivity contribution in [3.63, 3.8) is 0 Å². The maximum Gasteiger partial charge on any atom is 0.256 e. The molecule has 98 valence electrons. The van der Waals surface area contributed by atoms with Gasteiger partial charge >= 0.3 is 0 Å². The molecule has 2 nitrogen and oxygen atoms in total. The second-order valence-electron chi connectivity index (χ2n) is 4.35. The molecule has 0 aliphatic carbocycles. The molecule has 0 atom stereocenters. The highest BCUT2D eigenvalue weighted by atomic mass is 127. The summed E-state index contributed by atoms with van der Waals surface area (Å²) in [6.07, 6.45) is 0. The summed E-state index contributed by atoms with van der Waals surface area (Å²) in [5.41, 5.74) is 3.52. The highest BCUT2D eigenvalue weighted by molar-refractivity contribution is 14.1. The van der Waals surface area contributed by atoms with Gasteiger partial charge in [-0.25, -0.2) is 0 Å². The fourth-order valence-corrected chi connectivity index (χ4v) is 2.61. The Balaban J connectivity index is 2.28. The summed E-state index contributed by atoms with van der Waals surface area (Å²) in [6, 6.07) is 11.1. The molecular formula is C15H13ClINO. The first-order chi connectivity index (χ1) is 8.99. The summed E-state index contributed by atoms with van der Waals surface area (Å²) in [7, 11) is 0. The number of carbonyl (C=O) groups is 1. The molecule has 0 fully saturated rings. The van der Waals surface area contributed by atoms with Crippen molar-refractivity contribution in [1.29, 1.82) is 0 Å². The number of carbonyl (C=O) groups excluding carboxylic acids is 1. The van der Waals surface area contributed by atoms with E-state index in [0.29, 0.717) is 10.6 Å². The highest BCUT2D eigenvalue weighted by Crippen LogP contribution is 2.22. The molecule has 2 aromatic rings. The first kappa shape index (κ1) is 14.3. The summed E-state index contributed by atoms with van der Waals surface area (Å²) in [6.45, 7) is 3.91. The van der Waals surface area contributed by atoms with Crippen molar-refractivity contribution in [2.75, 3.05) is 5.32 Å². The average molecular weight is 386 g/mol. The Morgan fingerprint density at radius 3 is 2.58 bits per heavy atom. The highest BCUT2D eigenvalue weighted by Gasteiger charge is 2.12. The second kappa shape index (κ2) is 5.92. The maximum absolute atomic E-state index is 12.3. The molecule has 0 heterocycles. The number of nitrogens with one attached hydrogen (secondary N) is 1. The van der Waals surface area contributed by atoms with Gasteiger partial charge in [-0.3, -0.25) is 4.79 Å². The Morgan fingerprint density at radius 2 is 1.89 bits per heavy atom. The number of halogens is 2. The van der Waals surface area contributed by atoms with Crippen molar-refractivity contribution in [2.24, 2.45) is 0 Å². The number of hydrogen-bond donors (Lipinski definition) is 1. The first-order valence-electron chi connectivity index (χ1n) is 5.81. The molecule has 0 saturated heterocycles. The molecule has 2 aromatic carbocycles. The van der Waals surface area contributed by atoms with Crippen LogP contribution in [0.15, 0.2) is 36.4 Å². The van der Waals surface area contributed by atoms with Gasteiger partial charge in [0.25, 0.3) is 5.91 Å². The van der Waals surface area contributed by atoms with Gasteiger partial charge in [-0.05, 0) is 71.8 Å². The zero-order chi connectivity index (χ0) is 14.0. The van der Waals surface area contributed by atoms with Crippen LogP contribution in [0.2, 0.25) is 5.02 Å². The predicted molar refractivity (Wildman–Crippen MR) is 88.0 cm³/mol. The number of amides is 1. The van der Waals surface area contributed by atoms with Crippen LogP contribution in [0.1, 0.15) is 21.5 Å². The zero-order valence-electron chi connectivity index (χ0n) is 10.6. The van der Waals surface area contributed by atoms with Gasteiger partial charge in [0.15, 0.2) is 0 Å². The lowest BCUT2D eigenvalue weighted by atomic mass is 10.1. The molecule has 0 saturated carbocycles. The maximum atomic E-state index is 12.3. The molecule has 1 N–H and O–H groups in total. The third kappa shape index (κ3) is 3.28. The van der Waals surface area contributed by atoms with E-state index in [1.807, 2.05) is 44.2 Å². The molecule has 19 heavy (non-hydrogen) atoms. The smallest absolute Gasteiger partial charge is 0.256 e. The number of aryl methyl sites for hydroxylation is 2. The Bertz CT molecular complexity index is 640. The van der Waals surface area contributed by atoms with Crippen LogP contribution in [0.25, 0.3) is 0 Å². The van der Waals surface area contributed by atoms with E-state index in [1.54, 1.807) is 6.07 Å². The van der Waals surface area contributed by atoms with Crippen LogP contribution in [0.4, 0.5) is 5.69 Å². The topological polar surface area (TPSA) is 29.1 Å². The molecular weight excluding hydrogens is 373 g/mol. The molecule has 0 aliphatic rings. The minimum Gasteiger partial charge on any atom is -0.322 e. The summed E-state index contributed by atoms with van der Waals surface area (Å²) < 4.78 is 0.976. The monoisotopic (exact) mass is 385 g/mol. The van der Waals surface area contributed by atoms with Crippen LogP contribution < -0.4 is 5.32 Å². The number of benzene rings is 2. The van der Waals surface area contributed by atoms with Crippen LogP contribution in [0.3, 0.4) is 0 Å². The third-order valence-corrected chi connectivity index (χ3v) is 4.54. The first-order valence-corrected chi connectivity index (χ1v) is 7.27. The Morgan fingerprint density at radius 1 is 1.16 bits per heavy atom. The van der Waals surface area contributed by atoms with Gasteiger partial charge in [-0.2, -0.15) is 0 Å². The van der Waals surface area contributed by atoms with Crippen molar-refractivity contribution in [1.82, 2.24) is 0 Å². The molecule has 4 heteroatoms. The van der Waals surface area contributed by atoms with Crippen LogP contribution in [-0.4, -0.2) is 5.91 Å². The fourth-order valence-electron chi connectivity index (χ4n) is 1.78. The van der Waals surface area contributed by atoms with Gasteiger partial charge in [0.2, 0.25) is 0 Å². The van der Waals surface area contributed by atoms with Gasteiger partial charge in [0.05, 0.1) is 5.56 Å². The SMILES string of the molecule is Cc1cc(Cl)ccc1NC(=O)c1cccc(C)c1I. The van der Waals surface area contributed by atoms with E-state index in [0.717, 1.165) is 20.4 Å². The Hall–Kier alpha value is -1.07. The van der Waals surface area contributed by atoms with E-state index in [9.17, 15) is 4.79 Å². The zero-order valence-corrected chi connectivity index (χ0v) is 13.5. The molecule has 1 amide bonds. The van der Waals surface area contributed by atoms with Crippen molar-refractivity contribution in [2.45, 2.75) is 13.8 Å². The largest absolute Gasteiger partial charge is 0.322 e. The summed E-state index contributed by atoms with van der Waals surface area (Å²) in [5.74, 6) is -0.0986. The Labute approximate surface area is 131 Å². The van der Waals surface area contributed by atoms with E-state index in [4.69, 9.17) is 11.6 Å². The average Bonchev–Trinajstić information content (AvgIpc) is 2.36. The van der Waals surface area contributed by atoms with Gasteiger partial charge in [-0.15, -0.1) is 0 Å². The van der Waals surface area contributed by atoms with Crippen LogP contribution in [0.5, 0.6) is 0 Å². The Kier molecular flexibility index (Phi) is 4.47. The quantitative estimate of drug-likeness (QED) is 0.738. The van der Waals surface area contributed by atoms with Crippen molar-refractivity contribution in [3.05, 3.63) is 61.7 Å². The summed E-state index contributed by atoms with van der Waals surface area (Å²) in [4.78, 5) is 12.3. The minimum atomic E-state index is -0.0986. The van der Waals surface area contributed by atoms with Crippen molar-refractivity contribution < 1.29 is 4.79 Å². The number of anilines is 1. The van der Waals surface area contributed by atoms with E-state index < -0.39 is 0 Å². The lowest BCUT2D eigenvalue weighted by Crippen LogP contribution is -2.14. The normalized spacial score (nSPS) is 10.3. The third-order valence-electron chi connectivity index (χ3n) is 2.87. The van der Waals surface area contributed by atoms with Crippen LogP contribution >= 0.6 is 34.2 Å². The second-order valence-corrected chi connectivity index (χ2v) is 5.87. The molecule has 0 aromatic heterocycles. The van der Waals surface area contributed by atoms with Crippen molar-refractivity contribution >= 4 is 45.8 Å². The molecule has 2 rings (SSSR count).